The second kappa shape index (κ2) is 7.40. The Balaban J connectivity index is 1.79. The van der Waals surface area contributed by atoms with Crippen LogP contribution in [0.3, 0.4) is 0 Å². The van der Waals surface area contributed by atoms with Crippen molar-refractivity contribution < 1.29 is 13.2 Å². The lowest BCUT2D eigenvalue weighted by atomic mass is 9.78. The molecule has 2 aliphatic rings. The van der Waals surface area contributed by atoms with Crippen molar-refractivity contribution in [3.63, 3.8) is 0 Å². The number of aryl methyl sites for hydroxylation is 1. The fourth-order valence-corrected chi connectivity index (χ4v) is 5.21. The Morgan fingerprint density at radius 3 is 2.31 bits per heavy atom. The fraction of sp³-hybridized carbons (Fsp3) is 0.269. The molecule has 0 saturated heterocycles. The van der Waals surface area contributed by atoms with Crippen molar-refractivity contribution >= 4 is 22.9 Å². The summed E-state index contributed by atoms with van der Waals surface area (Å²) in [7, 11) is 0. The number of rotatable bonds is 3. The average Bonchev–Trinajstić information content (AvgIpc) is 3.11. The lowest BCUT2D eigenvalue weighted by molar-refractivity contribution is -0.141. The van der Waals surface area contributed by atoms with E-state index in [1.807, 2.05) is 60.4 Å². The first-order chi connectivity index (χ1) is 15.3. The molecule has 2 aromatic carbocycles. The van der Waals surface area contributed by atoms with E-state index in [1.165, 1.54) is 5.56 Å². The zero-order chi connectivity index (χ0) is 22.6. The molecule has 0 radical (unpaired) electrons. The second-order valence-corrected chi connectivity index (χ2v) is 8.53. The van der Waals surface area contributed by atoms with Gasteiger partial charge in [0.1, 0.15) is 11.9 Å². The normalized spacial score (nSPS) is 21.7. The van der Waals surface area contributed by atoms with E-state index in [0.717, 1.165) is 29.4 Å². The summed E-state index contributed by atoms with van der Waals surface area (Å²) in [6.45, 7) is 8.10. The fourth-order valence-electron chi connectivity index (χ4n) is 5.21. The number of hydrogen-bond donors (Lipinski definition) is 0. The van der Waals surface area contributed by atoms with E-state index in [4.69, 9.17) is 0 Å². The van der Waals surface area contributed by atoms with Gasteiger partial charge in [0.05, 0.1) is 5.69 Å². The summed E-state index contributed by atoms with van der Waals surface area (Å²) in [4.78, 5) is 8.32. The number of nitrogens with zero attached hydrogens (tertiary/aromatic N) is 3. The summed E-state index contributed by atoms with van der Waals surface area (Å²) in [6, 6.07) is 18.6. The number of para-hydroxylation sites is 2. The molecule has 3 nitrogen and oxygen atoms in total. The van der Waals surface area contributed by atoms with Gasteiger partial charge in [-0.05, 0) is 54.7 Å². The molecule has 32 heavy (non-hydrogen) atoms. The van der Waals surface area contributed by atoms with Crippen LogP contribution in [0.15, 0.2) is 73.3 Å². The molecule has 0 spiro atoms. The van der Waals surface area contributed by atoms with Gasteiger partial charge in [0.2, 0.25) is 0 Å². The number of hydrogen-bond acceptors (Lipinski definition) is 3. The van der Waals surface area contributed by atoms with E-state index in [1.54, 1.807) is 6.07 Å². The number of benzene rings is 2. The van der Waals surface area contributed by atoms with Crippen molar-refractivity contribution in [3.8, 4) is 0 Å². The van der Waals surface area contributed by atoms with Crippen molar-refractivity contribution in [2.45, 2.75) is 38.5 Å². The topological polar surface area (TPSA) is 19.4 Å². The third-order valence-electron chi connectivity index (χ3n) is 6.66. The minimum atomic E-state index is -4.51. The standard InChI is InChI=1S/C26H24F3N3/c1-4-9-18-17(3)25-31(21-13-8-6-11-19(18)21)22-14-15-23(26(27,28)29)30-24(22)32(25)20-12-7-5-10-16(20)2/h4-8,10-15,17-18,25H,1,9H2,2-3H3. The van der Waals surface area contributed by atoms with Crippen LogP contribution in [0.1, 0.15) is 36.1 Å². The monoisotopic (exact) mass is 435 g/mol. The Bertz CT molecular complexity index is 1190. The van der Waals surface area contributed by atoms with Gasteiger partial charge < -0.3 is 9.80 Å². The highest BCUT2D eigenvalue weighted by molar-refractivity contribution is 5.88. The largest absolute Gasteiger partial charge is 0.433 e. The minimum absolute atomic E-state index is 0.117. The molecule has 6 heteroatoms. The van der Waals surface area contributed by atoms with Crippen LogP contribution < -0.4 is 9.80 Å². The molecule has 0 amide bonds. The van der Waals surface area contributed by atoms with E-state index in [2.05, 4.69) is 29.5 Å². The smallest absolute Gasteiger partial charge is 0.316 e. The maximum Gasteiger partial charge on any atom is 0.433 e. The molecule has 2 aliphatic heterocycles. The average molecular weight is 435 g/mol. The minimum Gasteiger partial charge on any atom is -0.316 e. The first-order valence-electron chi connectivity index (χ1n) is 10.7. The molecule has 3 atom stereocenters. The van der Waals surface area contributed by atoms with Gasteiger partial charge in [-0.25, -0.2) is 4.98 Å². The third-order valence-corrected chi connectivity index (χ3v) is 6.66. The maximum atomic E-state index is 13.6. The summed E-state index contributed by atoms with van der Waals surface area (Å²) in [5.74, 6) is 0.666. The van der Waals surface area contributed by atoms with Gasteiger partial charge in [0.15, 0.2) is 5.82 Å². The van der Waals surface area contributed by atoms with E-state index < -0.39 is 11.9 Å². The number of aromatic nitrogens is 1. The van der Waals surface area contributed by atoms with Crippen molar-refractivity contribution in [2.24, 2.45) is 5.92 Å². The summed E-state index contributed by atoms with van der Waals surface area (Å²) in [6.07, 6.45) is -1.98. The number of halogens is 3. The molecular weight excluding hydrogens is 411 g/mol. The molecule has 3 aromatic rings. The zero-order valence-electron chi connectivity index (χ0n) is 18.0. The summed E-state index contributed by atoms with van der Waals surface area (Å²) >= 11 is 0. The van der Waals surface area contributed by atoms with E-state index in [0.29, 0.717) is 11.5 Å². The molecule has 0 bridgehead atoms. The van der Waals surface area contributed by atoms with Crippen LogP contribution in [0.4, 0.5) is 36.1 Å². The van der Waals surface area contributed by atoms with E-state index in [-0.39, 0.29) is 18.0 Å². The van der Waals surface area contributed by atoms with Crippen LogP contribution in [-0.2, 0) is 6.18 Å². The van der Waals surface area contributed by atoms with E-state index >= 15 is 0 Å². The quantitative estimate of drug-likeness (QED) is 0.401. The number of pyridine rings is 1. The van der Waals surface area contributed by atoms with Gasteiger partial charge in [0.25, 0.3) is 0 Å². The summed E-state index contributed by atoms with van der Waals surface area (Å²) < 4.78 is 40.8. The van der Waals surface area contributed by atoms with Crippen molar-refractivity contribution in [1.29, 1.82) is 0 Å². The lowest BCUT2D eigenvalue weighted by Gasteiger charge is -2.45. The Hall–Kier alpha value is -3.28. The molecule has 3 heterocycles. The van der Waals surface area contributed by atoms with Gasteiger partial charge in [-0.3, -0.25) is 0 Å². The van der Waals surface area contributed by atoms with Crippen LogP contribution in [0.5, 0.6) is 0 Å². The van der Waals surface area contributed by atoms with Gasteiger partial charge in [-0.1, -0.05) is 49.4 Å². The predicted octanol–water partition coefficient (Wildman–Crippen LogP) is 7.33. The highest BCUT2D eigenvalue weighted by atomic mass is 19.4. The van der Waals surface area contributed by atoms with Crippen molar-refractivity contribution in [2.75, 3.05) is 9.80 Å². The Kier molecular flexibility index (Phi) is 4.77. The molecular formula is C26H24F3N3. The van der Waals surface area contributed by atoms with Gasteiger partial charge in [0, 0.05) is 17.3 Å². The van der Waals surface area contributed by atoms with Crippen LogP contribution in [0.2, 0.25) is 0 Å². The van der Waals surface area contributed by atoms with Crippen molar-refractivity contribution in [3.05, 3.63) is 90.1 Å². The number of anilines is 4. The van der Waals surface area contributed by atoms with Gasteiger partial charge in [-0.2, -0.15) is 13.2 Å². The molecule has 164 valence electrons. The number of allylic oxidation sites excluding steroid dienone is 1. The third kappa shape index (κ3) is 3.00. The van der Waals surface area contributed by atoms with Crippen LogP contribution in [-0.4, -0.2) is 11.1 Å². The second-order valence-electron chi connectivity index (χ2n) is 8.53. The number of fused-ring (bicyclic) bond motifs is 5. The van der Waals surface area contributed by atoms with Gasteiger partial charge in [-0.15, -0.1) is 6.58 Å². The first kappa shape index (κ1) is 20.6. The molecule has 0 fully saturated rings. The molecule has 0 saturated carbocycles. The summed E-state index contributed by atoms with van der Waals surface area (Å²) in [5, 5.41) is 0. The molecule has 3 unspecified atom stereocenters. The van der Waals surface area contributed by atoms with Crippen LogP contribution in [0, 0.1) is 12.8 Å². The highest BCUT2D eigenvalue weighted by Crippen LogP contribution is 2.56. The molecule has 0 aliphatic carbocycles. The van der Waals surface area contributed by atoms with Crippen LogP contribution in [0.25, 0.3) is 0 Å². The van der Waals surface area contributed by atoms with Crippen molar-refractivity contribution in [1.82, 2.24) is 4.98 Å². The SMILES string of the molecule is C=CCC1c2ccccc2N2c3ccc(C(F)(F)F)nc3N(c3ccccc3C)C2C1C. The van der Waals surface area contributed by atoms with Crippen LogP contribution >= 0.6 is 0 Å². The number of alkyl halides is 3. The molecule has 0 N–H and O–H groups in total. The summed E-state index contributed by atoms with van der Waals surface area (Å²) in [5.41, 5.74) is 3.89. The first-order valence-corrected chi connectivity index (χ1v) is 10.7. The Morgan fingerprint density at radius 2 is 1.62 bits per heavy atom. The van der Waals surface area contributed by atoms with E-state index in [9.17, 15) is 13.2 Å². The van der Waals surface area contributed by atoms with Gasteiger partial charge >= 0.3 is 6.18 Å². The zero-order valence-corrected chi connectivity index (χ0v) is 18.0. The molecule has 5 rings (SSSR count). The molecule has 1 aromatic heterocycles. The Morgan fingerprint density at radius 1 is 0.938 bits per heavy atom. The lowest BCUT2D eigenvalue weighted by Crippen LogP contribution is -2.48. The Labute approximate surface area is 185 Å². The highest BCUT2D eigenvalue weighted by Gasteiger charge is 2.49. The predicted molar refractivity (Wildman–Crippen MR) is 122 cm³/mol. The maximum absolute atomic E-state index is 13.6.